The summed E-state index contributed by atoms with van der Waals surface area (Å²) in [6, 6.07) is 11.3. The van der Waals surface area contributed by atoms with E-state index in [1.165, 1.54) is 21.9 Å². The summed E-state index contributed by atoms with van der Waals surface area (Å²) in [5.41, 5.74) is 0.958. The summed E-state index contributed by atoms with van der Waals surface area (Å²) in [6.07, 6.45) is 0.695. The first-order valence-corrected chi connectivity index (χ1v) is 11.0. The first kappa shape index (κ1) is 22.5. The van der Waals surface area contributed by atoms with Gasteiger partial charge in [0.05, 0.1) is 31.4 Å². The second-order valence-corrected chi connectivity index (χ2v) is 8.45. The van der Waals surface area contributed by atoms with Crippen molar-refractivity contribution in [2.45, 2.75) is 12.5 Å². The molecule has 2 aliphatic rings. The van der Waals surface area contributed by atoms with Crippen molar-refractivity contribution >= 4 is 29.1 Å². The summed E-state index contributed by atoms with van der Waals surface area (Å²) in [4.78, 5) is 28.8. The van der Waals surface area contributed by atoms with Gasteiger partial charge in [0.2, 0.25) is 0 Å². The molecule has 8 heteroatoms. The SMILES string of the molecule is O=C1C(=O)N(CCC[NH+]2CCOCC2)C(c2ccc(F)cc2)C1=C(O)c1ccc(Cl)cc1. The highest BCUT2D eigenvalue weighted by Gasteiger charge is 2.45. The van der Waals surface area contributed by atoms with Crippen molar-refractivity contribution in [1.82, 2.24) is 4.90 Å². The highest BCUT2D eigenvalue weighted by Crippen LogP contribution is 2.39. The third kappa shape index (κ3) is 4.70. The van der Waals surface area contributed by atoms with Gasteiger partial charge in [-0.3, -0.25) is 9.59 Å². The lowest BCUT2D eigenvalue weighted by molar-refractivity contribution is -0.908. The molecular weight excluding hydrogens is 435 g/mol. The van der Waals surface area contributed by atoms with Crippen LogP contribution in [0.5, 0.6) is 0 Å². The summed E-state index contributed by atoms with van der Waals surface area (Å²) in [6.45, 7) is 4.47. The Morgan fingerprint density at radius 1 is 1.09 bits per heavy atom. The predicted molar refractivity (Wildman–Crippen MR) is 118 cm³/mol. The average Bonchev–Trinajstić information content (AvgIpc) is 3.05. The number of nitrogens with zero attached hydrogens (tertiary/aromatic N) is 1. The second-order valence-electron chi connectivity index (χ2n) is 8.02. The molecule has 1 amide bonds. The van der Waals surface area contributed by atoms with Crippen molar-refractivity contribution in [2.24, 2.45) is 0 Å². The minimum absolute atomic E-state index is 0.00245. The van der Waals surface area contributed by atoms with Gasteiger partial charge < -0.3 is 19.6 Å². The van der Waals surface area contributed by atoms with E-state index in [1.54, 1.807) is 36.4 Å². The van der Waals surface area contributed by atoms with Crippen molar-refractivity contribution in [1.29, 1.82) is 0 Å². The number of halogens is 2. The number of hydrogen-bond donors (Lipinski definition) is 2. The van der Waals surface area contributed by atoms with Crippen LogP contribution in [0.15, 0.2) is 54.1 Å². The highest BCUT2D eigenvalue weighted by molar-refractivity contribution is 6.46. The Labute approximate surface area is 190 Å². The number of benzene rings is 2. The van der Waals surface area contributed by atoms with Crippen molar-refractivity contribution in [3.8, 4) is 0 Å². The number of rotatable bonds is 6. The number of aliphatic hydroxyl groups excluding tert-OH is 1. The van der Waals surface area contributed by atoms with Crippen molar-refractivity contribution in [2.75, 3.05) is 39.4 Å². The van der Waals surface area contributed by atoms with E-state index in [0.717, 1.165) is 32.8 Å². The number of nitrogens with one attached hydrogen (secondary N) is 1. The molecule has 2 aromatic carbocycles. The van der Waals surface area contributed by atoms with Crippen LogP contribution in [0, 0.1) is 5.82 Å². The second kappa shape index (κ2) is 9.81. The molecule has 6 nitrogen and oxygen atoms in total. The number of Topliss-reactive ketones (excluding diaryl/α,β-unsaturated/α-hetero) is 1. The minimum Gasteiger partial charge on any atom is -0.507 e. The van der Waals surface area contributed by atoms with Gasteiger partial charge in [0.15, 0.2) is 0 Å². The van der Waals surface area contributed by atoms with Crippen LogP contribution in [0.25, 0.3) is 5.76 Å². The summed E-state index contributed by atoms with van der Waals surface area (Å²) < 4.78 is 18.9. The van der Waals surface area contributed by atoms with E-state index >= 15 is 0 Å². The highest BCUT2D eigenvalue weighted by atomic mass is 35.5. The normalized spacial score (nSPS) is 21.3. The fourth-order valence-corrected chi connectivity index (χ4v) is 4.40. The molecule has 32 heavy (non-hydrogen) atoms. The van der Waals surface area contributed by atoms with E-state index in [1.807, 2.05) is 0 Å². The van der Waals surface area contributed by atoms with E-state index in [-0.39, 0.29) is 11.3 Å². The maximum Gasteiger partial charge on any atom is 0.295 e. The molecule has 2 heterocycles. The smallest absolute Gasteiger partial charge is 0.295 e. The van der Waals surface area contributed by atoms with Crippen LogP contribution in [-0.4, -0.2) is 61.1 Å². The first-order valence-electron chi connectivity index (χ1n) is 10.7. The monoisotopic (exact) mass is 459 g/mol. The van der Waals surface area contributed by atoms with Crippen LogP contribution in [-0.2, 0) is 14.3 Å². The first-order chi connectivity index (χ1) is 15.5. The van der Waals surface area contributed by atoms with E-state index in [2.05, 4.69) is 0 Å². The number of ketones is 1. The van der Waals surface area contributed by atoms with Crippen LogP contribution in [0.3, 0.4) is 0 Å². The quantitative estimate of drug-likeness (QED) is 0.395. The Morgan fingerprint density at radius 3 is 2.41 bits per heavy atom. The lowest BCUT2D eigenvalue weighted by Crippen LogP contribution is -3.14. The number of ether oxygens (including phenoxy) is 1. The fourth-order valence-electron chi connectivity index (χ4n) is 4.28. The third-order valence-corrected chi connectivity index (χ3v) is 6.22. The van der Waals surface area contributed by atoms with Gasteiger partial charge in [0.1, 0.15) is 24.7 Å². The molecule has 1 atom stereocenters. The minimum atomic E-state index is -0.786. The molecule has 0 radical (unpaired) electrons. The predicted octanol–water partition coefficient (Wildman–Crippen LogP) is 2.21. The maximum atomic E-state index is 13.6. The van der Waals surface area contributed by atoms with Crippen molar-refractivity contribution in [3.05, 3.63) is 76.1 Å². The van der Waals surface area contributed by atoms with Crippen molar-refractivity contribution < 1.29 is 28.7 Å². The van der Waals surface area contributed by atoms with Crippen LogP contribution in [0.1, 0.15) is 23.6 Å². The molecule has 2 N–H and O–H groups in total. The lowest BCUT2D eigenvalue weighted by Gasteiger charge is -2.27. The van der Waals surface area contributed by atoms with Crippen LogP contribution >= 0.6 is 11.6 Å². The maximum absolute atomic E-state index is 13.6. The van der Waals surface area contributed by atoms with Gasteiger partial charge in [0, 0.05) is 23.6 Å². The van der Waals surface area contributed by atoms with Gasteiger partial charge in [-0.2, -0.15) is 0 Å². The molecular formula is C24H25ClFN2O4+. The largest absolute Gasteiger partial charge is 0.507 e. The molecule has 2 saturated heterocycles. The Balaban J connectivity index is 1.66. The molecule has 0 aromatic heterocycles. The zero-order chi connectivity index (χ0) is 22.7. The van der Waals surface area contributed by atoms with Gasteiger partial charge in [0.25, 0.3) is 11.7 Å². The van der Waals surface area contributed by atoms with E-state index in [4.69, 9.17) is 16.3 Å². The molecule has 0 spiro atoms. The van der Waals surface area contributed by atoms with Gasteiger partial charge in [-0.05, 0) is 42.0 Å². The average molecular weight is 460 g/mol. The molecule has 0 aliphatic carbocycles. The Hall–Kier alpha value is -2.74. The number of likely N-dealkylation sites (tertiary alicyclic amines) is 1. The van der Waals surface area contributed by atoms with Crippen LogP contribution in [0.2, 0.25) is 5.02 Å². The number of quaternary nitrogens is 1. The van der Waals surface area contributed by atoms with E-state index in [0.29, 0.717) is 29.1 Å². The van der Waals surface area contributed by atoms with Crippen LogP contribution < -0.4 is 4.90 Å². The van der Waals surface area contributed by atoms with Crippen LogP contribution in [0.4, 0.5) is 4.39 Å². The summed E-state index contributed by atoms with van der Waals surface area (Å²) >= 11 is 5.94. The molecule has 0 saturated carbocycles. The molecule has 2 fully saturated rings. The Kier molecular flexibility index (Phi) is 6.89. The van der Waals surface area contributed by atoms with Gasteiger partial charge in [-0.25, -0.2) is 4.39 Å². The molecule has 2 aliphatic heterocycles. The van der Waals surface area contributed by atoms with Gasteiger partial charge >= 0.3 is 0 Å². The Morgan fingerprint density at radius 2 is 1.75 bits per heavy atom. The topological polar surface area (TPSA) is 71.3 Å². The molecule has 0 bridgehead atoms. The van der Waals surface area contributed by atoms with Gasteiger partial charge in [-0.1, -0.05) is 23.7 Å². The number of aliphatic hydroxyl groups is 1. The lowest BCUT2D eigenvalue weighted by atomic mass is 9.95. The number of carbonyl (C=O) groups excluding carboxylic acids is 2. The summed E-state index contributed by atoms with van der Waals surface area (Å²) in [5.74, 6) is -2.09. The molecule has 168 valence electrons. The molecule has 1 unspecified atom stereocenters. The summed E-state index contributed by atoms with van der Waals surface area (Å²) in [7, 11) is 0. The molecule has 2 aromatic rings. The number of carbonyl (C=O) groups is 2. The molecule has 4 rings (SSSR count). The van der Waals surface area contributed by atoms with E-state index < -0.39 is 23.5 Å². The standard InChI is InChI=1S/C24H24ClFN2O4/c25-18-6-2-17(3-7-18)22(29)20-21(16-4-8-19(26)9-5-16)28(24(31)23(20)30)11-1-10-27-12-14-32-15-13-27/h2-9,21,29H,1,10-15H2/p+1. The van der Waals surface area contributed by atoms with E-state index in [9.17, 15) is 19.1 Å². The third-order valence-electron chi connectivity index (χ3n) is 5.97. The summed E-state index contributed by atoms with van der Waals surface area (Å²) in [5, 5.41) is 11.5. The number of hydrogen-bond acceptors (Lipinski definition) is 4. The van der Waals surface area contributed by atoms with Crippen molar-refractivity contribution in [3.63, 3.8) is 0 Å². The Bertz CT molecular complexity index is 1020. The zero-order valence-electron chi connectivity index (χ0n) is 17.5. The van der Waals surface area contributed by atoms with Gasteiger partial charge in [-0.15, -0.1) is 0 Å². The zero-order valence-corrected chi connectivity index (χ0v) is 18.3. The number of morpholine rings is 1. The number of amides is 1. The fraction of sp³-hybridized carbons (Fsp3) is 0.333.